The number of fused-ring (bicyclic) bond motifs is 1. The molecule has 3 rings (SSSR count). The Morgan fingerprint density at radius 1 is 1.32 bits per heavy atom. The van der Waals surface area contributed by atoms with E-state index in [1.165, 1.54) is 20.3 Å². The second-order valence-electron chi connectivity index (χ2n) is 4.89. The van der Waals surface area contributed by atoms with Gasteiger partial charge in [-0.3, -0.25) is 9.36 Å². The molecule has 0 saturated heterocycles. The number of aryl methyl sites for hydroxylation is 1. The molecule has 1 aromatic carbocycles. The van der Waals surface area contributed by atoms with E-state index in [0.717, 1.165) is 6.42 Å². The standard InChI is InChI=1S/C14H13IN2O2/c1-16-8-12(15)13(18)17(14(16)19)7-10-6-9-4-2-3-5-11(9)10/h2-5,8,10H,6-7H2,1H3. The van der Waals surface area contributed by atoms with Crippen LogP contribution >= 0.6 is 22.6 Å². The maximum atomic E-state index is 12.1. The lowest BCUT2D eigenvalue weighted by Crippen LogP contribution is -2.42. The van der Waals surface area contributed by atoms with E-state index in [4.69, 9.17) is 0 Å². The van der Waals surface area contributed by atoms with Gasteiger partial charge in [-0.25, -0.2) is 4.79 Å². The summed E-state index contributed by atoms with van der Waals surface area (Å²) in [4.78, 5) is 24.1. The van der Waals surface area contributed by atoms with Gasteiger partial charge in [0.1, 0.15) is 0 Å². The Morgan fingerprint density at radius 3 is 2.79 bits per heavy atom. The molecule has 1 aliphatic carbocycles. The van der Waals surface area contributed by atoms with Gasteiger partial charge in [0.2, 0.25) is 0 Å². The molecule has 1 unspecified atom stereocenters. The zero-order valence-electron chi connectivity index (χ0n) is 10.5. The highest BCUT2D eigenvalue weighted by atomic mass is 127. The van der Waals surface area contributed by atoms with E-state index >= 15 is 0 Å². The summed E-state index contributed by atoms with van der Waals surface area (Å²) in [5, 5.41) is 0. The highest BCUT2D eigenvalue weighted by molar-refractivity contribution is 14.1. The Bertz CT molecular complexity index is 727. The van der Waals surface area contributed by atoms with Crippen LogP contribution < -0.4 is 11.2 Å². The fourth-order valence-electron chi connectivity index (χ4n) is 2.59. The average Bonchev–Trinajstić information content (AvgIpc) is 2.37. The van der Waals surface area contributed by atoms with Crippen molar-refractivity contribution in [3.8, 4) is 0 Å². The summed E-state index contributed by atoms with van der Waals surface area (Å²) in [6.07, 6.45) is 2.52. The van der Waals surface area contributed by atoms with Gasteiger partial charge in [-0.1, -0.05) is 24.3 Å². The molecule has 98 valence electrons. The van der Waals surface area contributed by atoms with Crippen LogP contribution in [-0.2, 0) is 20.0 Å². The molecule has 1 aliphatic rings. The normalized spacial score (nSPS) is 16.8. The number of benzene rings is 1. The lowest BCUT2D eigenvalue weighted by molar-refractivity contribution is 0.470. The van der Waals surface area contributed by atoms with Crippen molar-refractivity contribution in [2.75, 3.05) is 0 Å². The Kier molecular flexibility index (Phi) is 3.08. The van der Waals surface area contributed by atoms with Crippen molar-refractivity contribution in [1.82, 2.24) is 9.13 Å². The van der Waals surface area contributed by atoms with Gasteiger partial charge < -0.3 is 4.57 Å². The second-order valence-corrected chi connectivity index (χ2v) is 6.05. The molecule has 5 heteroatoms. The zero-order chi connectivity index (χ0) is 13.6. The molecule has 0 spiro atoms. The van der Waals surface area contributed by atoms with Gasteiger partial charge in [0.15, 0.2) is 0 Å². The molecular weight excluding hydrogens is 355 g/mol. The van der Waals surface area contributed by atoms with Crippen LogP contribution in [0.5, 0.6) is 0 Å². The number of aromatic nitrogens is 2. The van der Waals surface area contributed by atoms with E-state index < -0.39 is 0 Å². The Balaban J connectivity index is 1.99. The third-order valence-corrected chi connectivity index (χ3v) is 4.39. The molecule has 0 N–H and O–H groups in total. The van der Waals surface area contributed by atoms with E-state index in [9.17, 15) is 9.59 Å². The molecule has 0 aliphatic heterocycles. The fourth-order valence-corrected chi connectivity index (χ4v) is 3.30. The highest BCUT2D eigenvalue weighted by Crippen LogP contribution is 2.35. The van der Waals surface area contributed by atoms with Crippen molar-refractivity contribution in [3.05, 3.63) is 66.0 Å². The van der Waals surface area contributed by atoms with Crippen LogP contribution in [0.2, 0.25) is 0 Å². The van der Waals surface area contributed by atoms with E-state index in [-0.39, 0.29) is 17.2 Å². The molecule has 2 aromatic rings. The molecule has 1 aromatic heterocycles. The summed E-state index contributed by atoms with van der Waals surface area (Å²) in [5.74, 6) is 0.278. The molecule has 4 nitrogen and oxygen atoms in total. The number of hydrogen-bond acceptors (Lipinski definition) is 2. The largest absolute Gasteiger partial charge is 0.330 e. The monoisotopic (exact) mass is 368 g/mol. The van der Waals surface area contributed by atoms with Gasteiger partial charge in [-0.2, -0.15) is 0 Å². The first-order valence-electron chi connectivity index (χ1n) is 6.11. The molecule has 0 amide bonds. The van der Waals surface area contributed by atoms with Gasteiger partial charge in [0.05, 0.1) is 3.57 Å². The van der Waals surface area contributed by atoms with Crippen molar-refractivity contribution < 1.29 is 0 Å². The van der Waals surface area contributed by atoms with Crippen molar-refractivity contribution >= 4 is 22.6 Å². The minimum Gasteiger partial charge on any atom is -0.302 e. The molecule has 1 heterocycles. The van der Waals surface area contributed by atoms with Crippen molar-refractivity contribution in [2.45, 2.75) is 18.9 Å². The van der Waals surface area contributed by atoms with Gasteiger partial charge in [0, 0.05) is 25.7 Å². The predicted molar refractivity (Wildman–Crippen MR) is 81.5 cm³/mol. The predicted octanol–water partition coefficient (Wildman–Crippen LogP) is 1.49. The smallest absolute Gasteiger partial charge is 0.302 e. The Labute approximate surface area is 123 Å². The molecule has 0 saturated carbocycles. The lowest BCUT2D eigenvalue weighted by Gasteiger charge is -2.30. The van der Waals surface area contributed by atoms with E-state index in [2.05, 4.69) is 12.1 Å². The van der Waals surface area contributed by atoms with Gasteiger partial charge in [-0.15, -0.1) is 0 Å². The average molecular weight is 368 g/mol. The highest BCUT2D eigenvalue weighted by Gasteiger charge is 2.26. The van der Waals surface area contributed by atoms with Crippen LogP contribution in [0.4, 0.5) is 0 Å². The van der Waals surface area contributed by atoms with Crippen molar-refractivity contribution in [2.24, 2.45) is 7.05 Å². The number of nitrogens with zero attached hydrogens (tertiary/aromatic N) is 2. The molecule has 1 atom stereocenters. The quantitative estimate of drug-likeness (QED) is 0.755. The molecular formula is C14H13IN2O2. The fraction of sp³-hybridized carbons (Fsp3) is 0.286. The number of hydrogen-bond donors (Lipinski definition) is 0. The first-order valence-corrected chi connectivity index (χ1v) is 7.19. The second kappa shape index (κ2) is 4.63. The van der Waals surface area contributed by atoms with Gasteiger partial charge in [-0.05, 0) is 40.1 Å². The molecule has 0 bridgehead atoms. The van der Waals surface area contributed by atoms with Gasteiger partial charge >= 0.3 is 5.69 Å². The summed E-state index contributed by atoms with van der Waals surface area (Å²) in [7, 11) is 1.68. The van der Waals surface area contributed by atoms with Crippen LogP contribution in [0.15, 0.2) is 40.1 Å². The zero-order valence-corrected chi connectivity index (χ0v) is 12.6. The summed E-state index contributed by atoms with van der Waals surface area (Å²) < 4.78 is 3.39. The van der Waals surface area contributed by atoms with Crippen LogP contribution in [0.3, 0.4) is 0 Å². The molecule has 0 radical (unpaired) electrons. The van der Waals surface area contributed by atoms with E-state index in [1.54, 1.807) is 13.2 Å². The number of rotatable bonds is 2. The number of halogens is 1. The SMILES string of the molecule is Cn1cc(I)c(=O)n(CC2Cc3ccccc32)c1=O. The summed E-state index contributed by atoms with van der Waals surface area (Å²) in [6.45, 7) is 0.472. The third kappa shape index (κ3) is 2.05. The van der Waals surface area contributed by atoms with Crippen molar-refractivity contribution in [1.29, 1.82) is 0 Å². The molecule has 19 heavy (non-hydrogen) atoms. The van der Waals surface area contributed by atoms with Crippen LogP contribution in [0.25, 0.3) is 0 Å². The Hall–Kier alpha value is -1.37. The van der Waals surface area contributed by atoms with Crippen LogP contribution in [0.1, 0.15) is 17.0 Å². The minimum absolute atomic E-state index is 0.187. The lowest BCUT2D eigenvalue weighted by atomic mass is 9.77. The van der Waals surface area contributed by atoms with Crippen LogP contribution in [-0.4, -0.2) is 9.13 Å². The third-order valence-electron chi connectivity index (χ3n) is 3.65. The molecule has 0 fully saturated rings. The first-order chi connectivity index (χ1) is 9.08. The topological polar surface area (TPSA) is 44.0 Å². The summed E-state index contributed by atoms with van der Waals surface area (Å²) in [6, 6.07) is 8.20. The summed E-state index contributed by atoms with van der Waals surface area (Å²) >= 11 is 1.98. The Morgan fingerprint density at radius 2 is 2.05 bits per heavy atom. The van der Waals surface area contributed by atoms with Crippen molar-refractivity contribution in [3.63, 3.8) is 0 Å². The first kappa shape index (κ1) is 12.7. The maximum absolute atomic E-state index is 12.1. The minimum atomic E-state index is -0.241. The van der Waals surface area contributed by atoms with E-state index in [0.29, 0.717) is 10.1 Å². The maximum Gasteiger partial charge on any atom is 0.330 e. The van der Waals surface area contributed by atoms with Crippen LogP contribution in [0, 0.1) is 3.57 Å². The van der Waals surface area contributed by atoms with Gasteiger partial charge in [0.25, 0.3) is 5.56 Å². The van der Waals surface area contributed by atoms with E-state index in [1.807, 2.05) is 34.7 Å². The summed E-state index contributed by atoms with van der Waals surface area (Å²) in [5.41, 5.74) is 2.15.